The molecule has 0 saturated carbocycles. The lowest BCUT2D eigenvalue weighted by atomic mass is 10.1. The van der Waals surface area contributed by atoms with Crippen molar-refractivity contribution in [3.8, 4) is 0 Å². The second-order valence-corrected chi connectivity index (χ2v) is 12.1. The summed E-state index contributed by atoms with van der Waals surface area (Å²) in [6.45, 7) is 4.72. The van der Waals surface area contributed by atoms with E-state index in [0.717, 1.165) is 19.3 Å². The number of hydrogen-bond donors (Lipinski definition) is 1. The summed E-state index contributed by atoms with van der Waals surface area (Å²) in [6, 6.07) is 0. The molecule has 0 aromatic rings. The Bertz CT molecular complexity index is 474. The maximum atomic E-state index is 12.6. The van der Waals surface area contributed by atoms with Crippen molar-refractivity contribution in [2.75, 3.05) is 27.7 Å². The van der Waals surface area contributed by atoms with Crippen molar-refractivity contribution >= 4 is 7.60 Å². The molecule has 4 nitrogen and oxygen atoms in total. The third kappa shape index (κ3) is 18.0. The number of rotatable bonds is 22. The van der Waals surface area contributed by atoms with E-state index in [9.17, 15) is 9.46 Å². The Hall–Kier alpha value is -0.150. The molecule has 0 aliphatic carbocycles. The quantitative estimate of drug-likeness (QED) is 0.0763. The van der Waals surface area contributed by atoms with Crippen LogP contribution in [0.4, 0.5) is 0 Å². The lowest BCUT2D eigenvalue weighted by Crippen LogP contribution is -2.45. The van der Waals surface area contributed by atoms with E-state index in [0.29, 0.717) is 17.5 Å². The van der Waals surface area contributed by atoms with Crippen LogP contribution < -0.4 is 0 Å². The van der Waals surface area contributed by atoms with E-state index < -0.39 is 7.60 Å². The normalized spacial score (nSPS) is 15.4. The van der Waals surface area contributed by atoms with Gasteiger partial charge in [-0.05, 0) is 38.5 Å². The maximum Gasteiger partial charge on any atom is 0.385 e. The molecule has 0 aromatic carbocycles. The summed E-state index contributed by atoms with van der Waals surface area (Å²) in [5, 5.41) is 0. The molecular weight excluding hydrogens is 405 g/mol. The van der Waals surface area contributed by atoms with Gasteiger partial charge in [0.2, 0.25) is 0 Å². The Labute approximate surface area is 195 Å². The van der Waals surface area contributed by atoms with Crippen molar-refractivity contribution in [2.45, 2.75) is 129 Å². The average Bonchev–Trinajstić information content (AvgIpc) is 2.70. The molecule has 186 valence electrons. The van der Waals surface area contributed by atoms with Gasteiger partial charge in [0.1, 0.15) is 0 Å². The van der Waals surface area contributed by atoms with Crippen LogP contribution in [0.5, 0.6) is 0 Å². The van der Waals surface area contributed by atoms with Crippen LogP contribution in [0, 0.1) is 0 Å². The molecule has 0 rings (SSSR count). The minimum Gasteiger partial charge on any atom is -0.320 e. The lowest BCUT2D eigenvalue weighted by molar-refractivity contribution is -0.883. The zero-order valence-electron chi connectivity index (χ0n) is 21.6. The predicted molar refractivity (Wildman–Crippen MR) is 137 cm³/mol. The van der Waals surface area contributed by atoms with Crippen molar-refractivity contribution in [3.63, 3.8) is 0 Å². The lowest BCUT2D eigenvalue weighted by Gasteiger charge is -2.35. The fourth-order valence-electron chi connectivity index (χ4n) is 4.05. The number of nitrogens with zero attached hydrogens (tertiary/aromatic N) is 1. The second kappa shape index (κ2) is 19.3. The van der Waals surface area contributed by atoms with Gasteiger partial charge >= 0.3 is 7.60 Å². The summed E-state index contributed by atoms with van der Waals surface area (Å²) < 4.78 is 18.6. The molecule has 5 heteroatoms. The van der Waals surface area contributed by atoms with Crippen LogP contribution in [0.3, 0.4) is 0 Å². The predicted octanol–water partition coefficient (Wildman–Crippen LogP) is 8.45. The molecule has 0 aliphatic heterocycles. The fourth-order valence-corrected chi connectivity index (χ4v) is 6.08. The van der Waals surface area contributed by atoms with Gasteiger partial charge in [0, 0.05) is 6.42 Å². The summed E-state index contributed by atoms with van der Waals surface area (Å²) in [7, 11) is 2.35. The molecule has 2 atom stereocenters. The van der Waals surface area contributed by atoms with Crippen molar-refractivity contribution in [1.82, 2.24) is 0 Å². The van der Waals surface area contributed by atoms with Gasteiger partial charge in [-0.2, -0.15) is 0 Å². The van der Waals surface area contributed by atoms with E-state index in [4.69, 9.17) is 4.52 Å². The van der Waals surface area contributed by atoms with Crippen molar-refractivity contribution in [1.29, 1.82) is 0 Å². The first-order valence-corrected chi connectivity index (χ1v) is 14.8. The Morgan fingerprint density at radius 3 is 1.65 bits per heavy atom. The van der Waals surface area contributed by atoms with E-state index in [1.165, 1.54) is 83.5 Å². The standard InChI is InChI=1S/C26H54NO3P/c1-6-8-9-10-11-12-13-14-15-16-17-18-19-20-21-22-23-25-30-31(28,29)26(24-7-2)27(3,4)5/h13-14,26H,6-12,15-25H2,1-5H3/p+1. The molecule has 0 bridgehead atoms. The molecule has 0 saturated heterocycles. The number of hydrogen-bond acceptors (Lipinski definition) is 2. The monoisotopic (exact) mass is 460 g/mol. The SMILES string of the molecule is CCCCCCCC=CCCCCCCCCCCOP(=O)(O)C(CCC)[N+](C)(C)C. The van der Waals surface area contributed by atoms with Crippen LogP contribution >= 0.6 is 7.60 Å². The van der Waals surface area contributed by atoms with E-state index in [1.54, 1.807) is 0 Å². The van der Waals surface area contributed by atoms with Crippen LogP contribution in [0.2, 0.25) is 0 Å². The molecule has 1 N–H and O–H groups in total. The molecule has 2 unspecified atom stereocenters. The second-order valence-electron chi connectivity index (χ2n) is 10.1. The van der Waals surface area contributed by atoms with E-state index in [-0.39, 0.29) is 5.78 Å². The smallest absolute Gasteiger partial charge is 0.320 e. The van der Waals surface area contributed by atoms with E-state index >= 15 is 0 Å². The topological polar surface area (TPSA) is 46.5 Å². The average molecular weight is 461 g/mol. The highest BCUT2D eigenvalue weighted by molar-refractivity contribution is 7.53. The van der Waals surface area contributed by atoms with E-state index in [1.807, 2.05) is 21.1 Å². The first kappa shape index (κ1) is 30.9. The van der Waals surface area contributed by atoms with Gasteiger partial charge in [-0.1, -0.05) is 90.2 Å². The molecule has 0 radical (unpaired) electrons. The Morgan fingerprint density at radius 2 is 1.19 bits per heavy atom. The van der Waals surface area contributed by atoms with Crippen LogP contribution in [-0.4, -0.2) is 42.9 Å². The molecular formula is C26H55NO3P+. The number of unbranched alkanes of at least 4 members (excludes halogenated alkanes) is 13. The molecule has 0 fully saturated rings. The molecule has 0 spiro atoms. The highest BCUT2D eigenvalue weighted by Crippen LogP contribution is 2.51. The zero-order valence-corrected chi connectivity index (χ0v) is 22.5. The largest absolute Gasteiger partial charge is 0.385 e. The summed E-state index contributed by atoms with van der Waals surface area (Å²) >= 11 is 0. The minimum absolute atomic E-state index is 0.335. The summed E-state index contributed by atoms with van der Waals surface area (Å²) in [4.78, 5) is 10.4. The van der Waals surface area contributed by atoms with Crippen LogP contribution in [0.25, 0.3) is 0 Å². The van der Waals surface area contributed by atoms with Gasteiger partial charge < -0.3 is 13.9 Å². The third-order valence-electron chi connectivity index (χ3n) is 6.00. The van der Waals surface area contributed by atoms with Gasteiger partial charge in [0.05, 0.1) is 27.7 Å². The first-order valence-electron chi connectivity index (χ1n) is 13.2. The third-order valence-corrected chi connectivity index (χ3v) is 8.26. The zero-order chi connectivity index (χ0) is 23.4. The highest BCUT2D eigenvalue weighted by Gasteiger charge is 2.41. The maximum absolute atomic E-state index is 12.6. The van der Waals surface area contributed by atoms with Gasteiger partial charge in [0.15, 0.2) is 5.78 Å². The Kier molecular flexibility index (Phi) is 19.2. The minimum atomic E-state index is -3.57. The Balaban J connectivity index is 3.57. The van der Waals surface area contributed by atoms with Gasteiger partial charge in [-0.25, -0.2) is 0 Å². The molecule has 0 aliphatic rings. The fraction of sp³-hybridized carbons (Fsp3) is 0.923. The summed E-state index contributed by atoms with van der Waals surface area (Å²) in [5.74, 6) is -0.335. The Morgan fingerprint density at radius 1 is 0.742 bits per heavy atom. The van der Waals surface area contributed by atoms with Crippen molar-refractivity contribution < 1.29 is 18.5 Å². The van der Waals surface area contributed by atoms with Crippen LogP contribution in [0.1, 0.15) is 123 Å². The van der Waals surface area contributed by atoms with Gasteiger partial charge in [-0.3, -0.25) is 4.57 Å². The van der Waals surface area contributed by atoms with Crippen molar-refractivity contribution in [2.24, 2.45) is 0 Å². The van der Waals surface area contributed by atoms with Gasteiger partial charge in [-0.15, -0.1) is 0 Å². The number of allylic oxidation sites excluding steroid dienone is 2. The first-order chi connectivity index (χ1) is 14.8. The van der Waals surface area contributed by atoms with Crippen LogP contribution in [0.15, 0.2) is 12.2 Å². The summed E-state index contributed by atoms with van der Waals surface area (Å²) in [6.07, 6.45) is 25.4. The molecule has 0 aromatic heterocycles. The van der Waals surface area contributed by atoms with Crippen LogP contribution in [-0.2, 0) is 9.09 Å². The molecule has 31 heavy (non-hydrogen) atoms. The van der Waals surface area contributed by atoms with E-state index in [2.05, 4.69) is 26.0 Å². The highest BCUT2D eigenvalue weighted by atomic mass is 31.2. The molecule has 0 amide bonds. The number of quaternary nitrogens is 1. The summed E-state index contributed by atoms with van der Waals surface area (Å²) in [5.41, 5.74) is 0. The molecule has 0 heterocycles. The van der Waals surface area contributed by atoms with Gasteiger partial charge in [0.25, 0.3) is 0 Å². The van der Waals surface area contributed by atoms with Crippen molar-refractivity contribution in [3.05, 3.63) is 12.2 Å².